The molecule has 15 heavy (non-hydrogen) atoms. The van der Waals surface area contributed by atoms with Gasteiger partial charge in [-0.25, -0.2) is 0 Å². The van der Waals surface area contributed by atoms with Crippen molar-refractivity contribution in [3.8, 4) is 0 Å². The Bertz CT molecular complexity index is 170. The molecule has 2 aliphatic heterocycles. The van der Waals surface area contributed by atoms with Crippen molar-refractivity contribution >= 4 is 0 Å². The van der Waals surface area contributed by atoms with Gasteiger partial charge in [-0.05, 0) is 46.3 Å². The molecule has 2 rings (SSSR count). The SMILES string of the molecule is CC(C)N1CCC(N2C[CH-]CC2)CC1.[Y]. The van der Waals surface area contributed by atoms with Crippen LogP contribution in [0.15, 0.2) is 0 Å². The molecule has 1 radical (unpaired) electrons. The van der Waals surface area contributed by atoms with Crippen LogP contribution >= 0.6 is 0 Å². The second-order valence-electron chi connectivity index (χ2n) is 4.93. The molecule has 0 bridgehead atoms. The first-order chi connectivity index (χ1) is 6.77. The van der Waals surface area contributed by atoms with Gasteiger partial charge in [-0.15, -0.1) is 6.54 Å². The summed E-state index contributed by atoms with van der Waals surface area (Å²) in [4.78, 5) is 5.27. The Kier molecular flexibility index (Phi) is 6.28. The van der Waals surface area contributed by atoms with Crippen molar-refractivity contribution in [3.63, 3.8) is 0 Å². The van der Waals surface area contributed by atoms with E-state index >= 15 is 0 Å². The van der Waals surface area contributed by atoms with E-state index in [1.807, 2.05) is 0 Å². The van der Waals surface area contributed by atoms with Gasteiger partial charge < -0.3 is 16.2 Å². The Morgan fingerprint density at radius 3 is 2.27 bits per heavy atom. The maximum atomic E-state index is 2.66. The third-order valence-electron chi connectivity index (χ3n) is 3.73. The van der Waals surface area contributed by atoms with E-state index in [2.05, 4.69) is 30.1 Å². The van der Waals surface area contributed by atoms with E-state index in [9.17, 15) is 0 Å². The minimum Gasteiger partial charge on any atom is -0.332 e. The van der Waals surface area contributed by atoms with Gasteiger partial charge in [0, 0.05) is 44.8 Å². The number of nitrogens with zero attached hydrogens (tertiary/aromatic N) is 2. The molecule has 0 aromatic heterocycles. The van der Waals surface area contributed by atoms with Gasteiger partial charge in [-0.3, -0.25) is 0 Å². The van der Waals surface area contributed by atoms with Crippen molar-refractivity contribution in [2.45, 2.75) is 45.2 Å². The molecule has 0 aromatic carbocycles. The van der Waals surface area contributed by atoms with Gasteiger partial charge in [0.05, 0.1) is 0 Å². The molecular weight excluding hydrogens is 261 g/mol. The van der Waals surface area contributed by atoms with Gasteiger partial charge in [0.2, 0.25) is 0 Å². The maximum Gasteiger partial charge on any atom is 0.00901 e. The summed E-state index contributed by atoms with van der Waals surface area (Å²) in [6.07, 6.45) is 6.50. The topological polar surface area (TPSA) is 6.48 Å². The molecule has 0 aromatic rings. The zero-order valence-electron chi connectivity index (χ0n) is 10.2. The molecule has 2 aliphatic rings. The van der Waals surface area contributed by atoms with Crippen LogP contribution in [0.4, 0.5) is 0 Å². The maximum absolute atomic E-state index is 2.66. The summed E-state index contributed by atoms with van der Waals surface area (Å²) in [5.74, 6) is 0. The molecule has 85 valence electrons. The van der Waals surface area contributed by atoms with Crippen LogP contribution in [0.1, 0.15) is 33.1 Å². The van der Waals surface area contributed by atoms with Crippen molar-refractivity contribution < 1.29 is 32.7 Å². The van der Waals surface area contributed by atoms with Crippen LogP contribution in [0.5, 0.6) is 0 Å². The number of hydrogen-bond donors (Lipinski definition) is 0. The summed E-state index contributed by atoms with van der Waals surface area (Å²) >= 11 is 0. The molecule has 0 spiro atoms. The van der Waals surface area contributed by atoms with Gasteiger partial charge in [-0.1, -0.05) is 0 Å². The van der Waals surface area contributed by atoms with E-state index in [0.29, 0.717) is 0 Å². The Hall–Kier alpha value is 1.02. The summed E-state index contributed by atoms with van der Waals surface area (Å²) in [6, 6.07) is 1.62. The number of piperidine rings is 1. The molecule has 2 nitrogen and oxygen atoms in total. The molecule has 2 heterocycles. The first-order valence-electron chi connectivity index (χ1n) is 6.07. The standard InChI is InChI=1S/C12H23N2.Y/c1-11(2)13-9-5-12(6-10-13)14-7-3-4-8-14;/h3,11-12H,4-10H2,1-2H3;/q-1;. The third-order valence-corrected chi connectivity index (χ3v) is 3.73. The van der Waals surface area contributed by atoms with Crippen LogP contribution in [0.25, 0.3) is 0 Å². The van der Waals surface area contributed by atoms with Crippen molar-refractivity contribution in [2.24, 2.45) is 0 Å². The van der Waals surface area contributed by atoms with E-state index in [4.69, 9.17) is 0 Å². The van der Waals surface area contributed by atoms with Crippen LogP contribution in [-0.4, -0.2) is 48.1 Å². The van der Waals surface area contributed by atoms with Crippen LogP contribution in [0.2, 0.25) is 0 Å². The van der Waals surface area contributed by atoms with E-state index in [-0.39, 0.29) is 32.7 Å². The monoisotopic (exact) mass is 284 g/mol. The van der Waals surface area contributed by atoms with Crippen molar-refractivity contribution in [1.82, 2.24) is 9.80 Å². The predicted octanol–water partition coefficient (Wildman–Crippen LogP) is 1.77. The van der Waals surface area contributed by atoms with Crippen molar-refractivity contribution in [3.05, 3.63) is 6.42 Å². The van der Waals surface area contributed by atoms with E-state index in [0.717, 1.165) is 12.1 Å². The molecule has 0 saturated carbocycles. The molecule has 0 unspecified atom stereocenters. The number of rotatable bonds is 2. The van der Waals surface area contributed by atoms with Crippen molar-refractivity contribution in [2.75, 3.05) is 26.2 Å². The largest absolute Gasteiger partial charge is 0.332 e. The quantitative estimate of drug-likeness (QED) is 0.713. The Balaban J connectivity index is 0.00000112. The average Bonchev–Trinajstić information content (AvgIpc) is 2.71. The Morgan fingerprint density at radius 2 is 1.80 bits per heavy atom. The first kappa shape index (κ1) is 14.1. The Labute approximate surface area is 120 Å². The van der Waals surface area contributed by atoms with Crippen LogP contribution < -0.4 is 0 Å². The van der Waals surface area contributed by atoms with Gasteiger partial charge in [0.15, 0.2) is 0 Å². The van der Waals surface area contributed by atoms with Gasteiger partial charge in [-0.2, -0.15) is 6.42 Å². The minimum absolute atomic E-state index is 0. The second-order valence-corrected chi connectivity index (χ2v) is 4.93. The first-order valence-corrected chi connectivity index (χ1v) is 6.07. The fourth-order valence-electron chi connectivity index (χ4n) is 2.70. The van der Waals surface area contributed by atoms with Gasteiger partial charge in [0.25, 0.3) is 0 Å². The minimum atomic E-state index is 0. The zero-order chi connectivity index (χ0) is 9.97. The van der Waals surface area contributed by atoms with E-state index < -0.39 is 0 Å². The smallest absolute Gasteiger partial charge is 0.00901 e. The molecule has 0 N–H and O–H groups in total. The molecular formula is C12H23N2Y-. The van der Waals surface area contributed by atoms with E-state index in [1.54, 1.807) is 0 Å². The van der Waals surface area contributed by atoms with Crippen LogP contribution in [0.3, 0.4) is 0 Å². The number of hydrogen-bond acceptors (Lipinski definition) is 2. The molecule has 0 aliphatic carbocycles. The normalized spacial score (nSPS) is 25.8. The summed E-state index contributed by atoms with van der Waals surface area (Å²) in [5.41, 5.74) is 0. The van der Waals surface area contributed by atoms with Gasteiger partial charge in [0.1, 0.15) is 0 Å². The Morgan fingerprint density at radius 1 is 1.13 bits per heavy atom. The predicted molar refractivity (Wildman–Crippen MR) is 60.2 cm³/mol. The zero-order valence-corrected chi connectivity index (χ0v) is 13.0. The third kappa shape index (κ3) is 3.76. The molecule has 0 amide bonds. The van der Waals surface area contributed by atoms with Gasteiger partial charge >= 0.3 is 0 Å². The fourth-order valence-corrected chi connectivity index (χ4v) is 2.70. The molecule has 2 saturated heterocycles. The summed E-state index contributed by atoms with van der Waals surface area (Å²) in [7, 11) is 0. The second kappa shape index (κ2) is 6.68. The molecule has 3 heteroatoms. The number of likely N-dealkylation sites (tertiary alicyclic amines) is 2. The summed E-state index contributed by atoms with van der Waals surface area (Å²) < 4.78 is 0. The summed E-state index contributed by atoms with van der Waals surface area (Å²) in [6.45, 7) is 9.78. The molecule has 0 atom stereocenters. The molecule has 2 fully saturated rings. The summed E-state index contributed by atoms with van der Waals surface area (Å²) in [5, 5.41) is 0. The van der Waals surface area contributed by atoms with Crippen LogP contribution in [0, 0.1) is 6.42 Å². The fraction of sp³-hybridized carbons (Fsp3) is 0.917. The average molecular weight is 284 g/mol. The van der Waals surface area contributed by atoms with Crippen molar-refractivity contribution in [1.29, 1.82) is 0 Å². The van der Waals surface area contributed by atoms with E-state index in [1.165, 1.54) is 45.4 Å². The van der Waals surface area contributed by atoms with Crippen LogP contribution in [-0.2, 0) is 32.7 Å².